The Kier molecular flexibility index (Phi) is 10.2. The minimum absolute atomic E-state index is 0.00290. The van der Waals surface area contributed by atoms with Crippen molar-refractivity contribution in [1.82, 2.24) is 15.7 Å². The molecule has 0 spiro atoms. The standard InChI is InChI=1S/C27H46N6O6/c1-17-15-32(16-18(21(17)31-28-11)30-22(34)37-25(2,3)4)19-12-13-29-14-20(19)33(23(35)38-26(5,6)7)24(36)39-27(8,9)10/h12-14,17-18,21,28,31H,15-16H2,1-11H3,(H,30,34)/p+1/t17-,18+,21-/m0/s1. The number of nitrogens with zero attached hydrogens (tertiary/aromatic N) is 3. The summed E-state index contributed by atoms with van der Waals surface area (Å²) in [6, 6.07) is 1.40. The lowest BCUT2D eigenvalue weighted by Gasteiger charge is -2.42. The van der Waals surface area contributed by atoms with E-state index in [9.17, 15) is 14.4 Å². The van der Waals surface area contributed by atoms with Crippen molar-refractivity contribution >= 4 is 29.7 Å². The van der Waals surface area contributed by atoms with Crippen molar-refractivity contribution in [2.45, 2.75) is 98.1 Å². The van der Waals surface area contributed by atoms with E-state index in [4.69, 9.17) is 14.2 Å². The number of hydrogen-bond donors (Lipinski definition) is 3. The second kappa shape index (κ2) is 12.4. The maximum Gasteiger partial charge on any atom is 0.424 e. The highest BCUT2D eigenvalue weighted by Crippen LogP contribution is 2.33. The second-order valence-electron chi connectivity index (χ2n) is 12.8. The number of nitrogens with one attached hydrogen (secondary N) is 2. The smallest absolute Gasteiger partial charge is 0.424 e. The molecule has 0 saturated carbocycles. The van der Waals surface area contributed by atoms with Crippen molar-refractivity contribution in [2.75, 3.05) is 29.9 Å². The quantitative estimate of drug-likeness (QED) is 0.286. The minimum atomic E-state index is -0.874. The van der Waals surface area contributed by atoms with Crippen LogP contribution in [0.2, 0.25) is 0 Å². The zero-order valence-electron chi connectivity index (χ0n) is 25.2. The normalized spacial score (nSPS) is 20.2. The maximum atomic E-state index is 13.3. The molecule has 1 aliphatic heterocycles. The molecule has 0 unspecified atom stereocenters. The number of piperidine rings is 1. The molecule has 3 atom stereocenters. The van der Waals surface area contributed by atoms with Gasteiger partial charge in [-0.15, -0.1) is 0 Å². The Morgan fingerprint density at radius 1 is 0.949 bits per heavy atom. The first-order chi connectivity index (χ1) is 17.8. The molecule has 1 aliphatic rings. The van der Waals surface area contributed by atoms with Gasteiger partial charge in [0.15, 0.2) is 0 Å². The van der Waals surface area contributed by atoms with Crippen LogP contribution in [0.15, 0.2) is 18.5 Å². The Morgan fingerprint density at radius 2 is 1.49 bits per heavy atom. The molecule has 0 radical (unpaired) electrons. The zero-order valence-corrected chi connectivity index (χ0v) is 25.2. The number of amides is 3. The summed E-state index contributed by atoms with van der Waals surface area (Å²) >= 11 is 0. The zero-order chi connectivity index (χ0) is 29.8. The van der Waals surface area contributed by atoms with Crippen LogP contribution in [-0.4, -0.2) is 72.3 Å². The van der Waals surface area contributed by atoms with Gasteiger partial charge in [-0.25, -0.2) is 14.4 Å². The molecule has 1 fully saturated rings. The molecular weight excluding hydrogens is 504 g/mol. The average Bonchev–Trinajstić information content (AvgIpc) is 2.72. The summed E-state index contributed by atoms with van der Waals surface area (Å²) < 4.78 is 16.7. The topological polar surface area (TPSA) is 139 Å². The van der Waals surface area contributed by atoms with E-state index in [1.807, 2.05) is 38.1 Å². The number of alkyl carbamates (subject to hydrolysis) is 1. The lowest BCUT2D eigenvalue weighted by molar-refractivity contribution is -0.747. The van der Waals surface area contributed by atoms with E-state index in [0.717, 1.165) is 4.90 Å². The summed E-state index contributed by atoms with van der Waals surface area (Å²) in [7, 11) is 1.82. The van der Waals surface area contributed by atoms with Gasteiger partial charge in [0.2, 0.25) is 0 Å². The number of anilines is 2. The van der Waals surface area contributed by atoms with Crippen LogP contribution in [0.4, 0.5) is 25.8 Å². The van der Waals surface area contributed by atoms with Crippen LogP contribution >= 0.6 is 0 Å². The number of aromatic nitrogens is 1. The molecule has 1 aromatic rings. The Balaban J connectivity index is 2.50. The van der Waals surface area contributed by atoms with Gasteiger partial charge >= 0.3 is 18.3 Å². The molecule has 12 heteroatoms. The molecular formula is C27H47N6O6+. The van der Waals surface area contributed by atoms with Crippen LogP contribution in [0.5, 0.6) is 0 Å². The Labute approximate surface area is 232 Å². The first-order valence-electron chi connectivity index (χ1n) is 13.3. The fraction of sp³-hybridized carbons (Fsp3) is 0.704. The Bertz CT molecular complexity index is 985. The van der Waals surface area contributed by atoms with Crippen molar-refractivity contribution in [1.29, 1.82) is 0 Å². The van der Waals surface area contributed by atoms with E-state index in [-0.39, 0.29) is 23.7 Å². The Morgan fingerprint density at radius 3 is 1.97 bits per heavy atom. The summed E-state index contributed by atoms with van der Waals surface area (Å²) in [4.78, 5) is 46.5. The SMILES string of the molecule is CN[NH2+][C@H]1[C@@H](C)CN(c2ccncc2N(C(=O)OC(C)(C)C)C(=O)OC(C)(C)C)C[C@H]1NC(=O)OC(C)(C)C. The van der Waals surface area contributed by atoms with Gasteiger partial charge in [-0.1, -0.05) is 6.92 Å². The Hall–Kier alpha value is -3.12. The van der Waals surface area contributed by atoms with Gasteiger partial charge in [-0.05, 0) is 68.4 Å². The predicted molar refractivity (Wildman–Crippen MR) is 148 cm³/mol. The molecule has 2 heterocycles. The van der Waals surface area contributed by atoms with Gasteiger partial charge < -0.3 is 24.4 Å². The fourth-order valence-electron chi connectivity index (χ4n) is 4.27. The summed E-state index contributed by atoms with van der Waals surface area (Å²) in [5.41, 5.74) is 3.52. The van der Waals surface area contributed by atoms with Gasteiger partial charge in [-0.2, -0.15) is 10.3 Å². The van der Waals surface area contributed by atoms with Crippen LogP contribution in [-0.2, 0) is 14.2 Å². The number of nitrogens with two attached hydrogens (primary N) is 1. The third-order valence-corrected chi connectivity index (χ3v) is 5.62. The van der Waals surface area contributed by atoms with E-state index < -0.39 is 35.1 Å². The monoisotopic (exact) mass is 551 g/mol. The summed E-state index contributed by atoms with van der Waals surface area (Å²) in [5.74, 6) is 0.0867. The van der Waals surface area contributed by atoms with Crippen LogP contribution in [0.3, 0.4) is 0 Å². The largest absolute Gasteiger partial charge is 0.444 e. The number of pyridine rings is 1. The molecule has 0 bridgehead atoms. The number of ether oxygens (including phenoxy) is 3. The van der Waals surface area contributed by atoms with E-state index in [2.05, 4.69) is 22.7 Å². The van der Waals surface area contributed by atoms with Gasteiger partial charge in [0.05, 0.1) is 11.9 Å². The molecule has 2 rings (SSSR count). The second-order valence-corrected chi connectivity index (χ2v) is 12.8. The van der Waals surface area contributed by atoms with Gasteiger partial charge in [0, 0.05) is 32.3 Å². The fourth-order valence-corrected chi connectivity index (χ4v) is 4.27. The highest BCUT2D eigenvalue weighted by molar-refractivity contribution is 6.11. The first-order valence-corrected chi connectivity index (χ1v) is 13.3. The molecule has 1 saturated heterocycles. The number of hydrogen-bond acceptors (Lipinski definition) is 9. The van der Waals surface area contributed by atoms with Crippen LogP contribution < -0.4 is 26.0 Å². The third-order valence-electron chi connectivity index (χ3n) is 5.62. The number of quaternary nitrogens is 1. The summed E-state index contributed by atoms with van der Waals surface area (Å²) in [5, 5.41) is 3.01. The third kappa shape index (κ3) is 9.85. The molecule has 0 aromatic carbocycles. The van der Waals surface area contributed by atoms with Gasteiger partial charge in [0.25, 0.3) is 0 Å². The minimum Gasteiger partial charge on any atom is -0.444 e. The van der Waals surface area contributed by atoms with Crippen LogP contribution in [0.1, 0.15) is 69.2 Å². The molecule has 39 heavy (non-hydrogen) atoms. The highest BCUT2D eigenvalue weighted by atomic mass is 16.6. The van der Waals surface area contributed by atoms with Crippen molar-refractivity contribution in [3.05, 3.63) is 18.5 Å². The predicted octanol–water partition coefficient (Wildman–Crippen LogP) is 3.17. The van der Waals surface area contributed by atoms with E-state index >= 15 is 0 Å². The molecule has 12 nitrogen and oxygen atoms in total. The van der Waals surface area contributed by atoms with Crippen molar-refractivity contribution < 1.29 is 34.0 Å². The molecule has 0 aliphatic carbocycles. The van der Waals surface area contributed by atoms with Gasteiger partial charge in [-0.3, -0.25) is 10.4 Å². The maximum absolute atomic E-state index is 13.3. The van der Waals surface area contributed by atoms with E-state index in [0.29, 0.717) is 18.8 Å². The van der Waals surface area contributed by atoms with Crippen molar-refractivity contribution in [2.24, 2.45) is 5.92 Å². The number of rotatable bonds is 5. The van der Waals surface area contributed by atoms with Crippen LogP contribution in [0.25, 0.3) is 0 Å². The average molecular weight is 552 g/mol. The summed E-state index contributed by atoms with van der Waals surface area (Å²) in [6.07, 6.45) is 0.765. The molecule has 220 valence electrons. The van der Waals surface area contributed by atoms with E-state index in [1.165, 1.54) is 6.20 Å². The first kappa shape index (κ1) is 32.1. The molecule has 4 N–H and O–H groups in total. The van der Waals surface area contributed by atoms with Crippen LogP contribution in [0, 0.1) is 5.92 Å². The lowest BCUT2D eigenvalue weighted by atomic mass is 9.89. The number of carbonyl (C=O) groups is 3. The molecule has 3 amide bonds. The number of imide groups is 1. The van der Waals surface area contributed by atoms with Crippen molar-refractivity contribution in [3.63, 3.8) is 0 Å². The van der Waals surface area contributed by atoms with Crippen molar-refractivity contribution in [3.8, 4) is 0 Å². The van der Waals surface area contributed by atoms with E-state index in [1.54, 1.807) is 53.8 Å². The lowest BCUT2D eigenvalue weighted by Crippen LogP contribution is -3.02. The molecule has 1 aromatic heterocycles. The highest BCUT2D eigenvalue weighted by Gasteiger charge is 2.41. The number of carbonyl (C=O) groups excluding carboxylic acids is 3. The van der Waals surface area contributed by atoms with Gasteiger partial charge in [0.1, 0.15) is 34.6 Å². The summed E-state index contributed by atoms with van der Waals surface area (Å²) in [6.45, 7) is 18.8.